The molecule has 1 fully saturated rings. The molecule has 3 N–H and O–H groups in total. The predicted molar refractivity (Wildman–Crippen MR) is 78.6 cm³/mol. The van der Waals surface area contributed by atoms with Crippen LogP contribution >= 0.6 is 0 Å². The van der Waals surface area contributed by atoms with Gasteiger partial charge in [0.2, 0.25) is 17.8 Å². The lowest BCUT2D eigenvalue weighted by molar-refractivity contribution is -0.150. The summed E-state index contributed by atoms with van der Waals surface area (Å²) in [7, 11) is 0. The fourth-order valence-electron chi connectivity index (χ4n) is 2.32. The van der Waals surface area contributed by atoms with E-state index in [0.717, 1.165) is 12.4 Å². The summed E-state index contributed by atoms with van der Waals surface area (Å²) in [4.78, 5) is 14.2. The molecule has 9 nitrogen and oxygen atoms in total. The van der Waals surface area contributed by atoms with E-state index in [-0.39, 0.29) is 24.9 Å². The molecule has 4 atom stereocenters. The molecule has 0 aliphatic carbocycles. The summed E-state index contributed by atoms with van der Waals surface area (Å²) >= 11 is 0. The van der Waals surface area contributed by atoms with E-state index in [1.54, 1.807) is 0 Å². The zero-order chi connectivity index (χ0) is 17.8. The average molecular weight is 355 g/mol. The number of aliphatic hydroxyl groups is 2. The quantitative estimate of drug-likeness (QED) is 0.653. The van der Waals surface area contributed by atoms with E-state index in [1.165, 1.54) is 12.4 Å². The molecule has 1 saturated heterocycles. The molecular formula is C14H15F2N5O4. The van der Waals surface area contributed by atoms with E-state index < -0.39 is 36.2 Å². The summed E-state index contributed by atoms with van der Waals surface area (Å²) in [5.74, 6) is -1.55. The van der Waals surface area contributed by atoms with Crippen LogP contribution in [0.15, 0.2) is 24.8 Å². The number of nitrogens with one attached hydrogen (secondary N) is 1. The minimum Gasteiger partial charge on any atom is -0.474 e. The molecule has 2 aromatic rings. The fourth-order valence-corrected chi connectivity index (χ4v) is 2.32. The van der Waals surface area contributed by atoms with E-state index in [4.69, 9.17) is 9.47 Å². The summed E-state index contributed by atoms with van der Waals surface area (Å²) in [5.41, 5.74) is 0. The van der Waals surface area contributed by atoms with Gasteiger partial charge in [-0.15, -0.1) is 0 Å². The third-order valence-electron chi connectivity index (χ3n) is 3.55. The van der Waals surface area contributed by atoms with Gasteiger partial charge in [0.05, 0.1) is 37.4 Å². The third-order valence-corrected chi connectivity index (χ3v) is 3.55. The smallest absolute Gasteiger partial charge is 0.235 e. The second-order valence-corrected chi connectivity index (χ2v) is 5.32. The van der Waals surface area contributed by atoms with Gasteiger partial charge in [-0.05, 0) is 0 Å². The van der Waals surface area contributed by atoms with E-state index in [0.29, 0.717) is 0 Å². The second-order valence-electron chi connectivity index (χ2n) is 5.32. The van der Waals surface area contributed by atoms with E-state index in [9.17, 15) is 19.0 Å². The standard InChI is InChI=1S/C14H15F2N5O4/c15-9-1-17-3-11(20-9)19-7-5-24-8(14(23)13(7)22)6-25-12-4-18-2-10(16)21-12/h1-4,7-8,13-14,22-23H,5-6H2,(H,19,20)/t7-,8+,13+,14-/m0/s1. The van der Waals surface area contributed by atoms with Gasteiger partial charge in [-0.25, -0.2) is 0 Å². The average Bonchev–Trinajstić information content (AvgIpc) is 2.58. The second kappa shape index (κ2) is 7.59. The van der Waals surface area contributed by atoms with Crippen molar-refractivity contribution in [1.29, 1.82) is 0 Å². The lowest BCUT2D eigenvalue weighted by atomic mass is 9.98. The molecular weight excluding hydrogens is 340 g/mol. The largest absolute Gasteiger partial charge is 0.474 e. The lowest BCUT2D eigenvalue weighted by Gasteiger charge is -2.37. The Morgan fingerprint density at radius 3 is 2.52 bits per heavy atom. The highest BCUT2D eigenvalue weighted by atomic mass is 19.1. The van der Waals surface area contributed by atoms with Crippen LogP contribution in [-0.2, 0) is 4.74 Å². The summed E-state index contributed by atoms with van der Waals surface area (Å²) in [5, 5.41) is 23.1. The fraction of sp³-hybridized carbons (Fsp3) is 0.429. The van der Waals surface area contributed by atoms with E-state index >= 15 is 0 Å². The number of halogens is 2. The van der Waals surface area contributed by atoms with E-state index in [1.807, 2.05) is 0 Å². The molecule has 0 bridgehead atoms. The Kier molecular flexibility index (Phi) is 5.26. The Morgan fingerprint density at radius 2 is 1.80 bits per heavy atom. The van der Waals surface area contributed by atoms with Crippen LogP contribution in [0.4, 0.5) is 14.6 Å². The first-order valence-corrected chi connectivity index (χ1v) is 7.35. The van der Waals surface area contributed by atoms with Crippen molar-refractivity contribution in [3.63, 3.8) is 0 Å². The van der Waals surface area contributed by atoms with Gasteiger partial charge in [0.15, 0.2) is 0 Å². The van der Waals surface area contributed by atoms with Crippen LogP contribution < -0.4 is 10.1 Å². The highest BCUT2D eigenvalue weighted by Crippen LogP contribution is 2.19. The first kappa shape index (κ1) is 17.3. The van der Waals surface area contributed by atoms with Crippen molar-refractivity contribution >= 4 is 5.82 Å². The maximum Gasteiger partial charge on any atom is 0.235 e. The third kappa shape index (κ3) is 4.32. The van der Waals surface area contributed by atoms with Crippen LogP contribution in [0.1, 0.15) is 0 Å². The number of aliphatic hydroxyl groups excluding tert-OH is 2. The monoisotopic (exact) mass is 355 g/mol. The number of aromatic nitrogens is 4. The van der Waals surface area contributed by atoms with Gasteiger partial charge < -0.3 is 25.0 Å². The van der Waals surface area contributed by atoms with Crippen molar-refractivity contribution in [3.05, 3.63) is 36.7 Å². The Bertz CT molecular complexity index is 723. The topological polar surface area (TPSA) is 123 Å². The SMILES string of the molecule is O[C@@H]1[C@H](O)[C@@H](Nc2cncc(F)n2)CO[C@@H]1COc1cncc(F)n1. The van der Waals surface area contributed by atoms with Crippen LogP contribution in [0.2, 0.25) is 0 Å². The Balaban J connectivity index is 1.56. The van der Waals surface area contributed by atoms with Crippen LogP contribution in [0.25, 0.3) is 0 Å². The molecule has 0 saturated carbocycles. The van der Waals surface area contributed by atoms with Gasteiger partial charge in [0.25, 0.3) is 0 Å². The van der Waals surface area contributed by atoms with Crippen molar-refractivity contribution in [3.8, 4) is 5.88 Å². The van der Waals surface area contributed by atoms with Gasteiger partial charge in [-0.3, -0.25) is 9.97 Å². The van der Waals surface area contributed by atoms with Gasteiger partial charge in [-0.2, -0.15) is 18.7 Å². The van der Waals surface area contributed by atoms with Gasteiger partial charge in [-0.1, -0.05) is 0 Å². The van der Waals surface area contributed by atoms with Crippen LogP contribution in [0, 0.1) is 11.9 Å². The molecule has 0 amide bonds. The number of rotatable bonds is 5. The highest BCUT2D eigenvalue weighted by molar-refractivity contribution is 5.32. The molecule has 3 heterocycles. The molecule has 1 aliphatic rings. The molecule has 0 radical (unpaired) electrons. The van der Waals surface area contributed by atoms with Gasteiger partial charge in [0.1, 0.15) is 30.7 Å². The highest BCUT2D eigenvalue weighted by Gasteiger charge is 2.39. The normalized spacial score (nSPS) is 26.2. The number of nitrogens with zero attached hydrogens (tertiary/aromatic N) is 4. The molecule has 0 aromatic carbocycles. The van der Waals surface area contributed by atoms with Gasteiger partial charge >= 0.3 is 0 Å². The number of hydrogen-bond acceptors (Lipinski definition) is 9. The molecule has 2 aromatic heterocycles. The number of hydrogen-bond donors (Lipinski definition) is 3. The predicted octanol–water partition coefficient (Wildman–Crippen LogP) is -0.475. The van der Waals surface area contributed by atoms with Crippen LogP contribution in [0.5, 0.6) is 5.88 Å². The molecule has 0 unspecified atom stereocenters. The van der Waals surface area contributed by atoms with E-state index in [2.05, 4.69) is 25.3 Å². The first-order chi connectivity index (χ1) is 12.0. The molecule has 25 heavy (non-hydrogen) atoms. The zero-order valence-electron chi connectivity index (χ0n) is 12.8. The number of anilines is 1. The van der Waals surface area contributed by atoms with Crippen molar-refractivity contribution < 1.29 is 28.5 Å². The van der Waals surface area contributed by atoms with Crippen LogP contribution in [0.3, 0.4) is 0 Å². The zero-order valence-corrected chi connectivity index (χ0v) is 12.8. The first-order valence-electron chi connectivity index (χ1n) is 7.35. The summed E-state index contributed by atoms with van der Waals surface area (Å²) < 4.78 is 36.6. The minimum absolute atomic E-state index is 0.000718. The van der Waals surface area contributed by atoms with Crippen molar-refractivity contribution in [2.75, 3.05) is 18.5 Å². The molecule has 3 rings (SSSR count). The van der Waals surface area contributed by atoms with Gasteiger partial charge in [0, 0.05) is 0 Å². The number of ether oxygens (including phenoxy) is 2. The molecule has 1 aliphatic heterocycles. The van der Waals surface area contributed by atoms with Crippen molar-refractivity contribution in [1.82, 2.24) is 19.9 Å². The summed E-state index contributed by atoms with van der Waals surface area (Å²) in [6, 6.07) is -0.726. The van der Waals surface area contributed by atoms with Crippen LogP contribution in [-0.4, -0.2) is 67.7 Å². The summed E-state index contributed by atoms with van der Waals surface area (Å²) in [6.07, 6.45) is 0.962. The molecule has 0 spiro atoms. The Hall–Kier alpha value is -2.50. The Labute approximate surface area is 140 Å². The Morgan fingerprint density at radius 1 is 1.08 bits per heavy atom. The molecule has 134 valence electrons. The summed E-state index contributed by atoms with van der Waals surface area (Å²) in [6.45, 7) is -0.165. The minimum atomic E-state index is -1.30. The maximum atomic E-state index is 13.0. The van der Waals surface area contributed by atoms with Crippen molar-refractivity contribution in [2.24, 2.45) is 0 Å². The molecule has 11 heteroatoms. The lowest BCUT2D eigenvalue weighted by Crippen LogP contribution is -2.57. The maximum absolute atomic E-state index is 13.0. The van der Waals surface area contributed by atoms with Crippen molar-refractivity contribution in [2.45, 2.75) is 24.4 Å².